The van der Waals surface area contributed by atoms with Crippen LogP contribution in [0.25, 0.3) is 0 Å². The average molecular weight is 375 g/mol. The molecule has 7 heteroatoms. The molecular formula is C19H25N3O3S. The number of rotatable bonds is 6. The molecule has 26 heavy (non-hydrogen) atoms. The van der Waals surface area contributed by atoms with Crippen LogP contribution in [-0.4, -0.2) is 26.4 Å². The average Bonchev–Trinajstić information content (AvgIpc) is 2.54. The minimum absolute atomic E-state index is 0.130. The molecule has 0 atom stereocenters. The molecule has 2 rings (SSSR count). The maximum absolute atomic E-state index is 12.3. The summed E-state index contributed by atoms with van der Waals surface area (Å²) >= 11 is 0. The predicted octanol–water partition coefficient (Wildman–Crippen LogP) is 2.32. The first kappa shape index (κ1) is 19.9. The zero-order valence-corrected chi connectivity index (χ0v) is 16.1. The molecule has 0 heterocycles. The molecule has 0 fully saturated rings. The van der Waals surface area contributed by atoms with E-state index in [0.29, 0.717) is 24.2 Å². The zero-order chi connectivity index (χ0) is 19.4. The van der Waals surface area contributed by atoms with Gasteiger partial charge in [0.2, 0.25) is 10.0 Å². The van der Waals surface area contributed by atoms with Crippen molar-refractivity contribution in [3.05, 3.63) is 59.7 Å². The Labute approximate surface area is 154 Å². The highest BCUT2D eigenvalue weighted by Crippen LogP contribution is 2.14. The lowest BCUT2D eigenvalue weighted by Crippen LogP contribution is -2.40. The highest BCUT2D eigenvalue weighted by Gasteiger charge is 2.22. The molecule has 0 aromatic heterocycles. The van der Waals surface area contributed by atoms with E-state index >= 15 is 0 Å². The molecule has 1 amide bonds. The summed E-state index contributed by atoms with van der Waals surface area (Å²) in [5.41, 5.74) is 7.26. The third-order valence-electron chi connectivity index (χ3n) is 3.55. The molecule has 0 spiro atoms. The van der Waals surface area contributed by atoms with E-state index in [1.54, 1.807) is 20.8 Å². The molecule has 6 nitrogen and oxygen atoms in total. The fourth-order valence-corrected chi connectivity index (χ4v) is 3.77. The number of hydrogen-bond donors (Lipinski definition) is 3. The highest BCUT2D eigenvalue weighted by atomic mass is 32.2. The Balaban J connectivity index is 1.95. The van der Waals surface area contributed by atoms with Gasteiger partial charge in [-0.3, -0.25) is 4.79 Å². The van der Waals surface area contributed by atoms with Crippen molar-refractivity contribution in [3.8, 4) is 0 Å². The second-order valence-electron chi connectivity index (χ2n) is 7.13. The molecule has 0 saturated heterocycles. The summed E-state index contributed by atoms with van der Waals surface area (Å²) in [6.45, 7) is 5.79. The third-order valence-corrected chi connectivity index (χ3v) is 5.32. The second kappa shape index (κ2) is 7.88. The van der Waals surface area contributed by atoms with E-state index in [2.05, 4.69) is 10.0 Å². The number of nitrogen functional groups attached to an aromatic ring is 1. The van der Waals surface area contributed by atoms with Crippen molar-refractivity contribution in [2.45, 2.75) is 37.6 Å². The maximum atomic E-state index is 12.3. The van der Waals surface area contributed by atoms with Gasteiger partial charge in [0.25, 0.3) is 5.91 Å². The summed E-state index contributed by atoms with van der Waals surface area (Å²) < 4.78 is 27.1. The summed E-state index contributed by atoms with van der Waals surface area (Å²) in [7, 11) is -3.61. The van der Waals surface area contributed by atoms with E-state index in [9.17, 15) is 13.2 Å². The summed E-state index contributed by atoms with van der Waals surface area (Å²) in [4.78, 5) is 12.3. The van der Waals surface area contributed by atoms with Gasteiger partial charge in [0.1, 0.15) is 0 Å². The number of nitrogens with two attached hydrogens (primary N) is 1. The van der Waals surface area contributed by atoms with Crippen LogP contribution in [0.15, 0.2) is 53.4 Å². The van der Waals surface area contributed by atoms with Crippen molar-refractivity contribution in [2.75, 3.05) is 12.3 Å². The molecule has 0 aliphatic carbocycles. The topological polar surface area (TPSA) is 101 Å². The molecule has 0 unspecified atom stereocenters. The number of nitrogens with one attached hydrogen (secondary N) is 2. The van der Waals surface area contributed by atoms with Gasteiger partial charge in [-0.25, -0.2) is 13.1 Å². The van der Waals surface area contributed by atoms with E-state index in [1.165, 1.54) is 24.3 Å². The quantitative estimate of drug-likeness (QED) is 0.674. The summed E-state index contributed by atoms with van der Waals surface area (Å²) in [6, 6.07) is 13.4. The van der Waals surface area contributed by atoms with E-state index < -0.39 is 15.6 Å². The van der Waals surface area contributed by atoms with Gasteiger partial charge >= 0.3 is 0 Å². The van der Waals surface area contributed by atoms with E-state index in [0.717, 1.165) is 5.56 Å². The van der Waals surface area contributed by atoms with Crippen molar-refractivity contribution < 1.29 is 13.2 Å². The maximum Gasteiger partial charge on any atom is 0.251 e. The van der Waals surface area contributed by atoms with Crippen LogP contribution in [-0.2, 0) is 16.4 Å². The van der Waals surface area contributed by atoms with Gasteiger partial charge in [0, 0.05) is 23.3 Å². The number of carbonyl (C=O) groups is 1. The Morgan fingerprint density at radius 3 is 2.12 bits per heavy atom. The van der Waals surface area contributed by atoms with Crippen LogP contribution in [0.5, 0.6) is 0 Å². The SMILES string of the molecule is CC(C)(C)NS(=O)(=O)c1ccc(C(=O)NCCc2ccc(N)cc2)cc1. The Bertz CT molecular complexity index is 852. The molecule has 140 valence electrons. The van der Waals surface area contributed by atoms with Gasteiger partial charge in [-0.15, -0.1) is 0 Å². The van der Waals surface area contributed by atoms with Crippen molar-refractivity contribution in [1.29, 1.82) is 0 Å². The van der Waals surface area contributed by atoms with Gasteiger partial charge in [-0.2, -0.15) is 0 Å². The van der Waals surface area contributed by atoms with Crippen LogP contribution in [0.1, 0.15) is 36.7 Å². The molecule has 0 saturated carbocycles. The van der Waals surface area contributed by atoms with E-state index in [4.69, 9.17) is 5.73 Å². The van der Waals surface area contributed by atoms with Crippen LogP contribution in [0.4, 0.5) is 5.69 Å². The van der Waals surface area contributed by atoms with Gasteiger partial charge in [-0.1, -0.05) is 12.1 Å². The lowest BCUT2D eigenvalue weighted by molar-refractivity contribution is 0.0954. The highest BCUT2D eigenvalue weighted by molar-refractivity contribution is 7.89. The van der Waals surface area contributed by atoms with Crippen molar-refractivity contribution in [1.82, 2.24) is 10.0 Å². The standard InChI is InChI=1S/C19H25N3O3S/c1-19(2,3)22-26(24,25)17-10-6-15(7-11-17)18(23)21-13-12-14-4-8-16(20)9-5-14/h4-11,22H,12-13,20H2,1-3H3,(H,21,23). The monoisotopic (exact) mass is 375 g/mol. The molecule has 0 aliphatic rings. The normalized spacial score (nSPS) is 12.0. The smallest absolute Gasteiger partial charge is 0.251 e. The largest absolute Gasteiger partial charge is 0.399 e. The number of anilines is 1. The van der Waals surface area contributed by atoms with Crippen molar-refractivity contribution >= 4 is 21.6 Å². The summed E-state index contributed by atoms with van der Waals surface area (Å²) in [6.07, 6.45) is 0.688. The van der Waals surface area contributed by atoms with Crippen LogP contribution in [0.3, 0.4) is 0 Å². The number of benzene rings is 2. The molecule has 2 aromatic rings. The number of carbonyl (C=O) groups excluding carboxylic acids is 1. The zero-order valence-electron chi connectivity index (χ0n) is 15.2. The first-order chi connectivity index (χ1) is 12.1. The fraction of sp³-hybridized carbons (Fsp3) is 0.316. The lowest BCUT2D eigenvalue weighted by Gasteiger charge is -2.20. The Morgan fingerprint density at radius 2 is 1.58 bits per heavy atom. The number of sulfonamides is 1. The second-order valence-corrected chi connectivity index (χ2v) is 8.81. The van der Waals surface area contributed by atoms with Crippen LogP contribution in [0.2, 0.25) is 0 Å². The fourth-order valence-electron chi connectivity index (χ4n) is 2.35. The van der Waals surface area contributed by atoms with E-state index in [1.807, 2.05) is 24.3 Å². The minimum Gasteiger partial charge on any atom is -0.399 e. The Hall–Kier alpha value is -2.38. The van der Waals surface area contributed by atoms with Gasteiger partial charge in [-0.05, 0) is 69.2 Å². The first-order valence-electron chi connectivity index (χ1n) is 8.33. The van der Waals surface area contributed by atoms with Gasteiger partial charge < -0.3 is 11.1 Å². The van der Waals surface area contributed by atoms with Crippen LogP contribution >= 0.6 is 0 Å². The van der Waals surface area contributed by atoms with Crippen LogP contribution in [0, 0.1) is 0 Å². The molecule has 4 N–H and O–H groups in total. The Kier molecular flexibility index (Phi) is 6.05. The number of amides is 1. The number of hydrogen-bond acceptors (Lipinski definition) is 4. The summed E-state index contributed by atoms with van der Waals surface area (Å²) in [5, 5.41) is 2.82. The minimum atomic E-state index is -3.61. The molecule has 0 bridgehead atoms. The predicted molar refractivity (Wildman–Crippen MR) is 103 cm³/mol. The van der Waals surface area contributed by atoms with Crippen molar-refractivity contribution in [3.63, 3.8) is 0 Å². The summed E-state index contributed by atoms with van der Waals surface area (Å²) in [5.74, 6) is -0.242. The molecule has 0 radical (unpaired) electrons. The lowest BCUT2D eigenvalue weighted by atomic mass is 10.1. The molecule has 2 aromatic carbocycles. The third kappa shape index (κ3) is 5.86. The van der Waals surface area contributed by atoms with Crippen molar-refractivity contribution in [2.24, 2.45) is 0 Å². The van der Waals surface area contributed by atoms with Crippen LogP contribution < -0.4 is 15.8 Å². The molecule has 0 aliphatic heterocycles. The molecular weight excluding hydrogens is 350 g/mol. The Morgan fingerprint density at radius 1 is 1.00 bits per heavy atom. The van der Waals surface area contributed by atoms with Gasteiger partial charge in [0.05, 0.1) is 4.90 Å². The van der Waals surface area contributed by atoms with E-state index in [-0.39, 0.29) is 10.8 Å². The van der Waals surface area contributed by atoms with Gasteiger partial charge in [0.15, 0.2) is 0 Å². The first-order valence-corrected chi connectivity index (χ1v) is 9.82.